The van der Waals surface area contributed by atoms with Gasteiger partial charge in [-0.1, -0.05) is 24.4 Å². The molecular formula is C41H47N6O10S4+. The van der Waals surface area contributed by atoms with Gasteiger partial charge < -0.3 is 15.5 Å². The highest BCUT2D eigenvalue weighted by Gasteiger charge is 2.33. The highest BCUT2D eigenvalue weighted by molar-refractivity contribution is 8.04. The zero-order valence-corrected chi connectivity index (χ0v) is 37.1. The number of fused-ring (bicyclic) bond motifs is 1. The van der Waals surface area contributed by atoms with Crippen molar-refractivity contribution in [3.63, 3.8) is 0 Å². The highest BCUT2D eigenvalue weighted by atomic mass is 32.2. The number of sulfonamides is 1. The van der Waals surface area contributed by atoms with Crippen LogP contribution in [0.5, 0.6) is 0 Å². The van der Waals surface area contributed by atoms with E-state index in [2.05, 4.69) is 15.5 Å². The molecule has 0 radical (unpaired) electrons. The Hall–Kier alpha value is -5.28. The molecule has 0 spiro atoms. The van der Waals surface area contributed by atoms with Crippen molar-refractivity contribution >= 4 is 107 Å². The molecule has 0 atom stereocenters. The van der Waals surface area contributed by atoms with Gasteiger partial charge >= 0.3 is 0 Å². The fourth-order valence-electron chi connectivity index (χ4n) is 6.78. The van der Waals surface area contributed by atoms with Crippen LogP contribution in [0, 0.1) is 0 Å². The minimum absolute atomic E-state index is 0.103. The van der Waals surface area contributed by atoms with Gasteiger partial charge in [-0.25, -0.2) is 8.42 Å². The normalized spacial score (nSPS) is 14.8. The van der Waals surface area contributed by atoms with E-state index in [1.807, 2.05) is 39.6 Å². The van der Waals surface area contributed by atoms with Crippen LogP contribution >= 0.6 is 24.0 Å². The number of nitrogens with zero attached hydrogens (tertiary/aromatic N) is 3. The lowest BCUT2D eigenvalue weighted by Crippen LogP contribution is -2.41. The van der Waals surface area contributed by atoms with E-state index in [0.717, 1.165) is 32.9 Å². The Kier molecular flexibility index (Phi) is 15.7. The van der Waals surface area contributed by atoms with E-state index in [1.54, 1.807) is 18.2 Å². The van der Waals surface area contributed by atoms with Crippen LogP contribution in [0.4, 0.5) is 5.69 Å². The van der Waals surface area contributed by atoms with Gasteiger partial charge in [0.15, 0.2) is 6.54 Å². The number of pyridine rings is 1. The van der Waals surface area contributed by atoms with Crippen molar-refractivity contribution in [3.8, 4) is 0 Å². The summed E-state index contributed by atoms with van der Waals surface area (Å²) in [6, 6.07) is 15.5. The number of allylic oxidation sites excluding steroid dienone is 2. The molecule has 5 amide bonds. The lowest BCUT2D eigenvalue weighted by molar-refractivity contribution is -0.673. The summed E-state index contributed by atoms with van der Waals surface area (Å²) < 4.78 is 61.0. The predicted molar refractivity (Wildman–Crippen MR) is 237 cm³/mol. The van der Waals surface area contributed by atoms with Gasteiger partial charge in [0, 0.05) is 123 Å². The van der Waals surface area contributed by atoms with Crippen LogP contribution in [0.15, 0.2) is 82.1 Å². The molecule has 0 bridgehead atoms. The van der Waals surface area contributed by atoms with Crippen molar-refractivity contribution in [1.29, 1.82) is 0 Å². The zero-order chi connectivity index (χ0) is 44.5. The number of benzene rings is 2. The average molecular weight is 912 g/mol. The molecule has 0 saturated heterocycles. The summed E-state index contributed by atoms with van der Waals surface area (Å²) in [5, 5.41) is 6.14. The number of aromatic nitrogens is 1. The second-order valence-corrected chi connectivity index (χ2v) is 19.0. The number of nitrogens with one attached hydrogen (secondary N) is 3. The van der Waals surface area contributed by atoms with Crippen LogP contribution in [-0.2, 0) is 50.7 Å². The first-order valence-corrected chi connectivity index (χ1v) is 24.0. The Bertz CT molecular complexity index is 2530. The largest absolute Gasteiger partial charge is 0.371 e. The third-order valence-corrected chi connectivity index (χ3v) is 12.6. The summed E-state index contributed by atoms with van der Waals surface area (Å²) in [6.45, 7) is 5.67. The number of carbonyl (C=O) groups excluding carboxylic acids is 5. The number of aryl methyl sites for hydroxylation is 1. The fraction of sp³-hybridized carbons (Fsp3) is 0.341. The number of amides is 5. The van der Waals surface area contributed by atoms with Crippen molar-refractivity contribution in [2.75, 3.05) is 49.6 Å². The summed E-state index contributed by atoms with van der Waals surface area (Å²) >= 11 is 7.38. The zero-order valence-electron chi connectivity index (χ0n) is 33.8. The maximum atomic E-state index is 12.5. The Balaban J connectivity index is 1.50. The molecule has 61 heavy (non-hydrogen) atoms. The molecule has 5 rings (SSSR count). The van der Waals surface area contributed by atoms with E-state index in [9.17, 15) is 45.4 Å². The van der Waals surface area contributed by atoms with Crippen LogP contribution in [0.1, 0.15) is 50.8 Å². The molecule has 2 heterocycles. The van der Waals surface area contributed by atoms with E-state index in [0.29, 0.717) is 79.0 Å². The van der Waals surface area contributed by atoms with Crippen LogP contribution in [0.2, 0.25) is 0 Å². The third-order valence-electron chi connectivity index (χ3n) is 9.59. The number of thiocarbonyl (C=S) groups is 1. The Morgan fingerprint density at radius 1 is 0.885 bits per heavy atom. The molecule has 20 heteroatoms. The van der Waals surface area contributed by atoms with Crippen molar-refractivity contribution in [2.24, 2.45) is 0 Å². The Morgan fingerprint density at radius 3 is 2.08 bits per heavy atom. The highest BCUT2D eigenvalue weighted by Crippen LogP contribution is 2.46. The summed E-state index contributed by atoms with van der Waals surface area (Å²) in [5.41, 5.74) is 4.42. The maximum absolute atomic E-state index is 12.5. The standard InChI is InChI=1S/C41H46N6O10S4/c1-27(48)42-18-4-20-45(21-5-19-43-28(2)49)31-10-7-29(8-11-31)39-40(58)34(41(39)59-24-17-36(50)44-60(3,53)54)26-32-12-9-30-25-33(61(55,56)57)13-14-35(30)46(32)22-6-23-47-37(51)15-16-38(47)52/h7-16,25-26H,4-6,17-24H2,1-3H3,(H3-,42,43,44,48,49,50,55,56,57)/p+1. The van der Waals surface area contributed by atoms with Crippen molar-refractivity contribution in [2.45, 2.75) is 51.0 Å². The Labute approximate surface area is 364 Å². The molecule has 1 aromatic heterocycles. The summed E-state index contributed by atoms with van der Waals surface area (Å²) in [5.74, 6) is -1.49. The first kappa shape index (κ1) is 46.8. The molecule has 0 saturated carbocycles. The van der Waals surface area contributed by atoms with E-state index in [-0.39, 0.29) is 35.4 Å². The van der Waals surface area contributed by atoms with E-state index >= 15 is 0 Å². The smallest absolute Gasteiger partial charge is 0.294 e. The number of imide groups is 1. The van der Waals surface area contributed by atoms with Crippen molar-refractivity contribution < 1.29 is 49.9 Å². The number of hydrogen-bond acceptors (Lipinski definition) is 12. The predicted octanol–water partition coefficient (Wildman–Crippen LogP) is 2.93. The van der Waals surface area contributed by atoms with Gasteiger partial charge in [0.05, 0.1) is 16.0 Å². The maximum Gasteiger partial charge on any atom is 0.294 e. The summed E-state index contributed by atoms with van der Waals surface area (Å²) in [6.07, 6.45) is 6.83. The SMILES string of the molecule is CC(=O)NCCCN(CCCNC(C)=O)c1ccc(C2=C(SCCC(=O)NS(C)(=O)=O)/C(=C/c3ccc4cc(S(=O)(=O)O)ccc4[n+]3CCCN3C(=O)C=CC3=O)C2=S)cc1. The van der Waals surface area contributed by atoms with Crippen LogP contribution in [-0.4, -0.2) is 105 Å². The molecule has 1 aliphatic heterocycles. The average Bonchev–Trinajstić information content (AvgIpc) is 3.50. The molecule has 2 aromatic carbocycles. The second kappa shape index (κ2) is 20.5. The number of hydrogen-bond donors (Lipinski definition) is 4. The van der Waals surface area contributed by atoms with Crippen molar-refractivity contribution in [1.82, 2.24) is 20.3 Å². The molecule has 3 aromatic rings. The van der Waals surface area contributed by atoms with Crippen LogP contribution in [0.25, 0.3) is 22.6 Å². The van der Waals surface area contributed by atoms with Crippen LogP contribution < -0.4 is 24.8 Å². The minimum Gasteiger partial charge on any atom is -0.371 e. The van der Waals surface area contributed by atoms with E-state index in [4.69, 9.17) is 12.2 Å². The van der Waals surface area contributed by atoms with Gasteiger partial charge in [-0.05, 0) is 48.7 Å². The molecule has 0 unspecified atom stereocenters. The number of carbonyl (C=O) groups is 5. The van der Waals surface area contributed by atoms with Gasteiger partial charge in [-0.15, -0.1) is 11.8 Å². The molecule has 1 aliphatic carbocycles. The molecule has 4 N–H and O–H groups in total. The minimum atomic E-state index is -4.50. The van der Waals surface area contributed by atoms with Crippen molar-refractivity contribution in [3.05, 3.63) is 88.5 Å². The molecule has 0 fully saturated rings. The van der Waals surface area contributed by atoms with Gasteiger partial charge in [0.1, 0.15) is 0 Å². The van der Waals surface area contributed by atoms with E-state index in [1.165, 1.54) is 49.9 Å². The molecule has 324 valence electrons. The molecular weight excluding hydrogens is 865 g/mol. The first-order valence-electron chi connectivity index (χ1n) is 19.3. The van der Waals surface area contributed by atoms with Gasteiger partial charge in [0.25, 0.3) is 21.9 Å². The fourth-order valence-corrected chi connectivity index (χ4v) is 9.49. The lowest BCUT2D eigenvalue weighted by Gasteiger charge is -2.29. The number of anilines is 1. The molecule has 16 nitrogen and oxygen atoms in total. The summed E-state index contributed by atoms with van der Waals surface area (Å²) in [4.78, 5) is 64.2. The number of rotatable bonds is 21. The van der Waals surface area contributed by atoms with Crippen LogP contribution in [0.3, 0.4) is 0 Å². The quantitative estimate of drug-likeness (QED) is 0.0302. The Morgan fingerprint density at radius 2 is 1.51 bits per heavy atom. The van der Waals surface area contributed by atoms with Gasteiger partial charge in [0.2, 0.25) is 39.0 Å². The summed E-state index contributed by atoms with van der Waals surface area (Å²) in [7, 11) is -8.25. The third kappa shape index (κ3) is 12.9. The first-order chi connectivity index (χ1) is 28.8. The number of thioether (sulfide) groups is 1. The molecule has 2 aliphatic rings. The van der Waals surface area contributed by atoms with Gasteiger partial charge in [-0.2, -0.15) is 13.0 Å². The monoisotopic (exact) mass is 911 g/mol. The lowest BCUT2D eigenvalue weighted by atomic mass is 9.85. The second-order valence-electron chi connectivity index (χ2n) is 14.3. The van der Waals surface area contributed by atoms with E-state index < -0.39 is 37.9 Å². The van der Waals surface area contributed by atoms with Gasteiger partial charge in [-0.3, -0.25) is 38.1 Å². The topological polar surface area (TPSA) is 220 Å².